The third kappa shape index (κ3) is 5.14. The first kappa shape index (κ1) is 20.1. The van der Waals surface area contributed by atoms with Crippen molar-refractivity contribution >= 4 is 11.9 Å². The van der Waals surface area contributed by atoms with E-state index in [1.807, 2.05) is 0 Å². The van der Waals surface area contributed by atoms with Gasteiger partial charge in [0.1, 0.15) is 5.82 Å². The number of nitrogens with two attached hydrogens (primary N) is 1. The minimum absolute atomic E-state index is 0.169. The largest absolute Gasteiger partial charge is 0.487 e. The number of hydrogen-bond donors (Lipinski definition) is 2. The summed E-state index contributed by atoms with van der Waals surface area (Å²) < 4.78 is 38.9. The van der Waals surface area contributed by atoms with Crippen LogP contribution in [0, 0.1) is 17.6 Å². The molecule has 0 aromatic heterocycles. The van der Waals surface area contributed by atoms with Crippen LogP contribution in [0.15, 0.2) is 12.1 Å². The molecule has 0 heterocycles. The highest BCUT2D eigenvalue weighted by Crippen LogP contribution is 2.30. The van der Waals surface area contributed by atoms with Gasteiger partial charge in [0.25, 0.3) is 5.91 Å². The minimum Gasteiger partial charge on any atom is -0.487 e. The van der Waals surface area contributed by atoms with E-state index in [0.717, 1.165) is 12.1 Å². The summed E-state index contributed by atoms with van der Waals surface area (Å²) in [6.45, 7) is 2.46. The van der Waals surface area contributed by atoms with Gasteiger partial charge in [0.05, 0.1) is 24.2 Å². The second-order valence-electron chi connectivity index (χ2n) is 6.15. The molecule has 0 unspecified atom stereocenters. The first-order chi connectivity index (χ1) is 12.5. The Hall–Kier alpha value is -2.22. The van der Waals surface area contributed by atoms with Gasteiger partial charge >= 0.3 is 5.97 Å². The van der Waals surface area contributed by atoms with Crippen molar-refractivity contribution in [3.63, 3.8) is 0 Å². The zero-order valence-corrected chi connectivity index (χ0v) is 14.7. The van der Waals surface area contributed by atoms with Gasteiger partial charge in [-0.1, -0.05) is 0 Å². The molecule has 26 heavy (non-hydrogen) atoms. The fourth-order valence-electron chi connectivity index (χ4n) is 2.93. The Morgan fingerprint density at radius 1 is 1.19 bits per heavy atom. The van der Waals surface area contributed by atoms with E-state index in [1.165, 1.54) is 0 Å². The fourth-order valence-corrected chi connectivity index (χ4v) is 2.93. The quantitative estimate of drug-likeness (QED) is 0.718. The SMILES string of the molecule is CCOC(=O)[C@H]1CC[C@@H](Oc2cc(F)c(C(=O)NCCN)cc2F)CC1. The van der Waals surface area contributed by atoms with E-state index < -0.39 is 23.1 Å². The van der Waals surface area contributed by atoms with Crippen LogP contribution >= 0.6 is 0 Å². The van der Waals surface area contributed by atoms with Crippen LogP contribution in [0.5, 0.6) is 5.75 Å². The molecule has 2 rings (SSSR count). The van der Waals surface area contributed by atoms with Gasteiger partial charge in [-0.15, -0.1) is 0 Å². The summed E-state index contributed by atoms with van der Waals surface area (Å²) in [6, 6.07) is 1.70. The van der Waals surface area contributed by atoms with Crippen molar-refractivity contribution in [2.24, 2.45) is 11.7 Å². The van der Waals surface area contributed by atoms with Gasteiger partial charge in [-0.3, -0.25) is 9.59 Å². The minimum atomic E-state index is -0.865. The van der Waals surface area contributed by atoms with E-state index in [1.54, 1.807) is 6.92 Å². The van der Waals surface area contributed by atoms with Crippen molar-refractivity contribution in [3.8, 4) is 5.75 Å². The summed E-state index contributed by atoms with van der Waals surface area (Å²) in [6.07, 6.45) is 1.93. The smallest absolute Gasteiger partial charge is 0.308 e. The maximum atomic E-state index is 14.2. The van der Waals surface area contributed by atoms with Crippen LogP contribution in [0.25, 0.3) is 0 Å². The fraction of sp³-hybridized carbons (Fsp3) is 0.556. The highest BCUT2D eigenvalue weighted by molar-refractivity contribution is 5.94. The highest BCUT2D eigenvalue weighted by atomic mass is 19.1. The van der Waals surface area contributed by atoms with Crippen molar-refractivity contribution in [2.45, 2.75) is 38.7 Å². The Morgan fingerprint density at radius 2 is 1.88 bits per heavy atom. The van der Waals surface area contributed by atoms with Crippen LogP contribution in [0.2, 0.25) is 0 Å². The molecule has 0 atom stereocenters. The number of halogens is 2. The van der Waals surface area contributed by atoms with Crippen LogP contribution in [-0.2, 0) is 9.53 Å². The van der Waals surface area contributed by atoms with E-state index in [-0.39, 0.29) is 36.8 Å². The topological polar surface area (TPSA) is 90.6 Å². The van der Waals surface area contributed by atoms with Crippen LogP contribution in [-0.4, -0.2) is 37.7 Å². The van der Waals surface area contributed by atoms with Crippen LogP contribution in [0.4, 0.5) is 8.78 Å². The number of esters is 1. The molecule has 0 bridgehead atoms. The lowest BCUT2D eigenvalue weighted by atomic mass is 9.87. The molecule has 144 valence electrons. The molecule has 6 nitrogen and oxygen atoms in total. The molecular weight excluding hydrogens is 346 g/mol. The average Bonchev–Trinajstić information content (AvgIpc) is 2.63. The molecule has 1 aliphatic rings. The molecule has 1 saturated carbocycles. The maximum absolute atomic E-state index is 14.2. The zero-order valence-electron chi connectivity index (χ0n) is 14.7. The van der Waals surface area contributed by atoms with Crippen molar-refractivity contribution < 1.29 is 27.8 Å². The van der Waals surface area contributed by atoms with Crippen molar-refractivity contribution in [2.75, 3.05) is 19.7 Å². The van der Waals surface area contributed by atoms with Gasteiger partial charge in [0, 0.05) is 19.2 Å². The molecule has 1 aromatic carbocycles. The van der Waals surface area contributed by atoms with Crippen LogP contribution in [0.3, 0.4) is 0 Å². The van der Waals surface area contributed by atoms with Gasteiger partial charge in [-0.25, -0.2) is 8.78 Å². The molecule has 0 saturated heterocycles. The van der Waals surface area contributed by atoms with Gasteiger partial charge in [-0.05, 0) is 38.7 Å². The van der Waals surface area contributed by atoms with E-state index in [4.69, 9.17) is 15.2 Å². The van der Waals surface area contributed by atoms with Gasteiger partial charge in [0.2, 0.25) is 0 Å². The van der Waals surface area contributed by atoms with Crippen molar-refractivity contribution in [1.29, 1.82) is 0 Å². The Bertz CT molecular complexity index is 646. The maximum Gasteiger partial charge on any atom is 0.308 e. The van der Waals surface area contributed by atoms with Gasteiger partial charge in [-0.2, -0.15) is 0 Å². The molecule has 8 heteroatoms. The van der Waals surface area contributed by atoms with Crippen LogP contribution in [0.1, 0.15) is 43.0 Å². The standard InChI is InChI=1S/C18H24F2N2O4/c1-2-25-18(24)11-3-5-12(6-4-11)26-16-10-14(19)13(9-15(16)20)17(23)22-8-7-21/h9-12H,2-8,21H2,1H3,(H,22,23)/t11-,12+. The molecule has 0 radical (unpaired) electrons. The molecule has 0 aliphatic heterocycles. The Kier molecular flexibility index (Phi) is 7.32. The molecule has 1 aliphatic carbocycles. The lowest BCUT2D eigenvalue weighted by molar-refractivity contribution is -0.149. The molecule has 1 amide bonds. The number of hydrogen-bond acceptors (Lipinski definition) is 5. The van der Waals surface area contributed by atoms with Crippen molar-refractivity contribution in [3.05, 3.63) is 29.3 Å². The number of benzene rings is 1. The second kappa shape index (κ2) is 9.47. The molecule has 1 aromatic rings. The monoisotopic (exact) mass is 370 g/mol. The van der Waals surface area contributed by atoms with E-state index in [2.05, 4.69) is 5.32 Å². The number of rotatable bonds is 7. The summed E-state index contributed by atoms with van der Waals surface area (Å²) in [5.74, 6) is -3.04. The molecule has 1 fully saturated rings. The first-order valence-electron chi connectivity index (χ1n) is 8.76. The lowest BCUT2D eigenvalue weighted by Crippen LogP contribution is -2.30. The van der Waals surface area contributed by atoms with Gasteiger partial charge in [0.15, 0.2) is 11.6 Å². The summed E-state index contributed by atoms with van der Waals surface area (Å²) >= 11 is 0. The third-order valence-corrected chi connectivity index (χ3v) is 4.28. The normalized spacial score (nSPS) is 19.7. The summed E-state index contributed by atoms with van der Waals surface area (Å²) in [4.78, 5) is 23.5. The summed E-state index contributed by atoms with van der Waals surface area (Å²) in [5, 5.41) is 2.39. The summed E-state index contributed by atoms with van der Waals surface area (Å²) in [5.41, 5.74) is 4.87. The van der Waals surface area contributed by atoms with E-state index in [9.17, 15) is 18.4 Å². The third-order valence-electron chi connectivity index (χ3n) is 4.28. The first-order valence-corrected chi connectivity index (χ1v) is 8.76. The van der Waals surface area contributed by atoms with Crippen LogP contribution < -0.4 is 15.8 Å². The Morgan fingerprint density at radius 3 is 2.50 bits per heavy atom. The number of carbonyl (C=O) groups is 2. The van der Waals surface area contributed by atoms with Crippen molar-refractivity contribution in [1.82, 2.24) is 5.32 Å². The molecule has 0 spiro atoms. The number of amides is 1. The van der Waals surface area contributed by atoms with Gasteiger partial charge < -0.3 is 20.5 Å². The predicted octanol–water partition coefficient (Wildman–Crippen LogP) is 2.15. The average molecular weight is 370 g/mol. The summed E-state index contributed by atoms with van der Waals surface area (Å²) in [7, 11) is 0. The zero-order chi connectivity index (χ0) is 19.1. The second-order valence-corrected chi connectivity index (χ2v) is 6.15. The molecule has 3 N–H and O–H groups in total. The predicted molar refractivity (Wildman–Crippen MR) is 90.8 cm³/mol. The lowest BCUT2D eigenvalue weighted by Gasteiger charge is -2.28. The Balaban J connectivity index is 1.97. The number of ether oxygens (including phenoxy) is 2. The highest BCUT2D eigenvalue weighted by Gasteiger charge is 2.29. The van der Waals surface area contributed by atoms with E-state index in [0.29, 0.717) is 32.3 Å². The molecular formula is C18H24F2N2O4. The number of nitrogens with one attached hydrogen (secondary N) is 1. The van der Waals surface area contributed by atoms with E-state index >= 15 is 0 Å². The number of carbonyl (C=O) groups excluding carboxylic acids is 2. The Labute approximate surface area is 151 Å².